The van der Waals surface area contributed by atoms with Crippen molar-refractivity contribution in [3.05, 3.63) is 34.6 Å². The second kappa shape index (κ2) is 7.85. The molecule has 1 aromatic rings. The highest BCUT2D eigenvalue weighted by Gasteiger charge is 2.18. The molecule has 1 unspecified atom stereocenters. The standard InChI is InChI=1S/C14H18BrClFNO/c1-3-9(4-2)11(15)8-18-14(19)10-6-5-7-12(17)13(10)16/h5-7,9,11H,3-4,8H2,1-2H3,(H,18,19). The predicted molar refractivity (Wildman–Crippen MR) is 80.5 cm³/mol. The van der Waals surface area contributed by atoms with Crippen LogP contribution in [-0.4, -0.2) is 17.3 Å². The van der Waals surface area contributed by atoms with Gasteiger partial charge in [-0.3, -0.25) is 4.79 Å². The maximum Gasteiger partial charge on any atom is 0.252 e. The lowest BCUT2D eigenvalue weighted by Crippen LogP contribution is -2.33. The van der Waals surface area contributed by atoms with Crippen LogP contribution in [0.4, 0.5) is 4.39 Å². The van der Waals surface area contributed by atoms with Gasteiger partial charge in [0.25, 0.3) is 5.91 Å². The number of carbonyl (C=O) groups is 1. The van der Waals surface area contributed by atoms with E-state index >= 15 is 0 Å². The van der Waals surface area contributed by atoms with E-state index in [1.807, 2.05) is 0 Å². The van der Waals surface area contributed by atoms with Crippen LogP contribution in [0.15, 0.2) is 18.2 Å². The van der Waals surface area contributed by atoms with Crippen LogP contribution in [0.25, 0.3) is 0 Å². The summed E-state index contributed by atoms with van der Waals surface area (Å²) in [5.74, 6) is -0.423. The molecule has 0 aliphatic rings. The first-order valence-corrected chi connectivity index (χ1v) is 7.66. The molecule has 0 saturated carbocycles. The van der Waals surface area contributed by atoms with Crippen molar-refractivity contribution in [1.29, 1.82) is 0 Å². The van der Waals surface area contributed by atoms with Crippen LogP contribution in [0.5, 0.6) is 0 Å². The number of carbonyl (C=O) groups excluding carboxylic acids is 1. The molecule has 0 spiro atoms. The summed E-state index contributed by atoms with van der Waals surface area (Å²) in [6.07, 6.45) is 2.09. The van der Waals surface area contributed by atoms with E-state index in [4.69, 9.17) is 11.6 Å². The topological polar surface area (TPSA) is 29.1 Å². The second-order valence-corrected chi connectivity index (χ2v) is 5.96. The van der Waals surface area contributed by atoms with Gasteiger partial charge in [0.15, 0.2) is 0 Å². The Kier molecular flexibility index (Phi) is 6.80. The summed E-state index contributed by atoms with van der Waals surface area (Å²) >= 11 is 9.35. The molecule has 1 amide bonds. The Morgan fingerprint density at radius 2 is 2.05 bits per heavy atom. The SMILES string of the molecule is CCC(CC)C(Br)CNC(=O)c1cccc(F)c1Cl. The Bertz CT molecular complexity index is 437. The monoisotopic (exact) mass is 349 g/mol. The van der Waals surface area contributed by atoms with Crippen LogP contribution in [0, 0.1) is 11.7 Å². The van der Waals surface area contributed by atoms with E-state index in [1.54, 1.807) is 0 Å². The number of halogens is 3. The summed E-state index contributed by atoms with van der Waals surface area (Å²) in [5, 5.41) is 2.65. The first-order valence-electron chi connectivity index (χ1n) is 6.37. The minimum absolute atomic E-state index is 0.131. The smallest absolute Gasteiger partial charge is 0.252 e. The lowest BCUT2D eigenvalue weighted by molar-refractivity contribution is 0.0952. The number of hydrogen-bond donors (Lipinski definition) is 1. The minimum atomic E-state index is -0.579. The summed E-state index contributed by atoms with van der Waals surface area (Å²) in [6.45, 7) is 4.74. The molecular weight excluding hydrogens is 333 g/mol. The molecule has 0 aliphatic heterocycles. The number of nitrogens with one attached hydrogen (secondary N) is 1. The van der Waals surface area contributed by atoms with Gasteiger partial charge in [-0.05, 0) is 18.1 Å². The van der Waals surface area contributed by atoms with Gasteiger partial charge in [0, 0.05) is 11.4 Å². The predicted octanol–water partition coefficient (Wildman–Crippen LogP) is 4.41. The number of alkyl halides is 1. The number of hydrogen-bond acceptors (Lipinski definition) is 1. The summed E-state index contributed by atoms with van der Waals surface area (Å²) in [5.41, 5.74) is 0.172. The Hall–Kier alpha value is -0.610. The third-order valence-corrected chi connectivity index (χ3v) is 4.67. The third kappa shape index (κ3) is 4.46. The van der Waals surface area contributed by atoms with Crippen LogP contribution in [-0.2, 0) is 0 Å². The zero-order valence-corrected chi connectivity index (χ0v) is 13.4. The molecule has 0 saturated heterocycles. The van der Waals surface area contributed by atoms with Crippen molar-refractivity contribution >= 4 is 33.4 Å². The first kappa shape index (κ1) is 16.4. The van der Waals surface area contributed by atoms with Crippen LogP contribution in [0.3, 0.4) is 0 Å². The molecule has 0 aliphatic carbocycles. The van der Waals surface area contributed by atoms with Crippen molar-refractivity contribution in [3.63, 3.8) is 0 Å². The minimum Gasteiger partial charge on any atom is -0.351 e. The highest BCUT2D eigenvalue weighted by Crippen LogP contribution is 2.21. The molecule has 0 aromatic heterocycles. The molecule has 0 fully saturated rings. The Balaban J connectivity index is 2.63. The summed E-state index contributed by atoms with van der Waals surface area (Å²) in [7, 11) is 0. The molecular formula is C14H18BrClFNO. The lowest BCUT2D eigenvalue weighted by Gasteiger charge is -2.20. The van der Waals surface area contributed by atoms with Crippen LogP contribution in [0.2, 0.25) is 5.02 Å². The fraction of sp³-hybridized carbons (Fsp3) is 0.500. The second-order valence-electron chi connectivity index (χ2n) is 4.40. The van der Waals surface area contributed by atoms with Crippen molar-refractivity contribution in [1.82, 2.24) is 5.32 Å². The van der Waals surface area contributed by atoms with Gasteiger partial charge in [-0.15, -0.1) is 0 Å². The van der Waals surface area contributed by atoms with Crippen molar-refractivity contribution in [2.45, 2.75) is 31.5 Å². The molecule has 1 rings (SSSR count). The van der Waals surface area contributed by atoms with Crippen molar-refractivity contribution in [2.24, 2.45) is 5.92 Å². The molecule has 106 valence electrons. The van der Waals surface area contributed by atoms with Gasteiger partial charge in [-0.25, -0.2) is 4.39 Å². The Morgan fingerprint density at radius 3 is 2.63 bits per heavy atom. The van der Waals surface area contributed by atoms with E-state index in [1.165, 1.54) is 18.2 Å². The van der Waals surface area contributed by atoms with Crippen molar-refractivity contribution in [2.75, 3.05) is 6.54 Å². The molecule has 1 aromatic carbocycles. The average molecular weight is 351 g/mol. The molecule has 2 nitrogen and oxygen atoms in total. The van der Waals surface area contributed by atoms with Crippen LogP contribution in [0.1, 0.15) is 37.0 Å². The number of rotatable bonds is 6. The van der Waals surface area contributed by atoms with E-state index in [0.29, 0.717) is 12.5 Å². The van der Waals surface area contributed by atoms with Crippen LogP contribution >= 0.6 is 27.5 Å². The van der Waals surface area contributed by atoms with Gasteiger partial charge in [-0.1, -0.05) is 60.3 Å². The Labute approximate surface area is 126 Å². The van der Waals surface area contributed by atoms with Crippen LogP contribution < -0.4 is 5.32 Å². The van der Waals surface area contributed by atoms with Gasteiger partial charge in [0.05, 0.1) is 10.6 Å². The largest absolute Gasteiger partial charge is 0.351 e. The van der Waals surface area contributed by atoms with E-state index in [9.17, 15) is 9.18 Å². The summed E-state index contributed by atoms with van der Waals surface area (Å²) in [6, 6.07) is 4.22. The van der Waals surface area contributed by atoms with Gasteiger partial charge in [0.2, 0.25) is 0 Å². The van der Waals surface area contributed by atoms with Gasteiger partial charge < -0.3 is 5.32 Å². The maximum atomic E-state index is 13.3. The van der Waals surface area contributed by atoms with Gasteiger partial charge in [-0.2, -0.15) is 0 Å². The lowest BCUT2D eigenvalue weighted by atomic mass is 9.99. The summed E-state index contributed by atoms with van der Waals surface area (Å²) in [4.78, 5) is 12.1. The van der Waals surface area contributed by atoms with E-state index in [-0.39, 0.29) is 21.3 Å². The van der Waals surface area contributed by atoms with E-state index in [2.05, 4.69) is 35.1 Å². The summed E-state index contributed by atoms with van der Waals surface area (Å²) < 4.78 is 13.3. The number of benzene rings is 1. The van der Waals surface area contributed by atoms with Crippen molar-refractivity contribution < 1.29 is 9.18 Å². The molecule has 0 radical (unpaired) electrons. The van der Waals surface area contributed by atoms with E-state index in [0.717, 1.165) is 12.8 Å². The first-order chi connectivity index (χ1) is 9.01. The molecule has 1 N–H and O–H groups in total. The molecule has 0 bridgehead atoms. The molecule has 1 atom stereocenters. The highest BCUT2D eigenvalue weighted by molar-refractivity contribution is 9.09. The highest BCUT2D eigenvalue weighted by atomic mass is 79.9. The van der Waals surface area contributed by atoms with Crippen molar-refractivity contribution in [3.8, 4) is 0 Å². The Morgan fingerprint density at radius 1 is 1.42 bits per heavy atom. The average Bonchev–Trinajstić information content (AvgIpc) is 2.40. The number of amides is 1. The molecule has 0 heterocycles. The van der Waals surface area contributed by atoms with Gasteiger partial charge >= 0.3 is 0 Å². The molecule has 5 heteroatoms. The fourth-order valence-electron chi connectivity index (χ4n) is 1.93. The quantitative estimate of drug-likeness (QED) is 0.757. The third-order valence-electron chi connectivity index (χ3n) is 3.21. The van der Waals surface area contributed by atoms with Gasteiger partial charge in [0.1, 0.15) is 5.82 Å². The normalized spacial score (nSPS) is 12.5. The zero-order valence-electron chi connectivity index (χ0n) is 11.1. The maximum absolute atomic E-state index is 13.3. The zero-order chi connectivity index (χ0) is 14.4. The fourth-order valence-corrected chi connectivity index (χ4v) is 3.05. The molecule has 19 heavy (non-hydrogen) atoms. The van der Waals surface area contributed by atoms with E-state index < -0.39 is 5.82 Å².